The quantitative estimate of drug-likeness (QED) is 0.315. The third-order valence-corrected chi connectivity index (χ3v) is 6.97. The van der Waals surface area contributed by atoms with Gasteiger partial charge in [-0.3, -0.25) is 4.79 Å². The molecular formula is C25H23BrN2O4S. The topological polar surface area (TPSA) is 80.7 Å². The molecule has 2 aromatic heterocycles. The smallest absolute Gasteiger partial charge is 0.255 e. The van der Waals surface area contributed by atoms with Crippen LogP contribution >= 0.6 is 27.3 Å². The van der Waals surface area contributed by atoms with Crippen LogP contribution < -0.4 is 10.1 Å². The lowest BCUT2D eigenvalue weighted by Crippen LogP contribution is -2.14. The van der Waals surface area contributed by atoms with Gasteiger partial charge in [0.25, 0.3) is 5.91 Å². The molecule has 4 aromatic rings. The molecule has 0 bridgehead atoms. The van der Waals surface area contributed by atoms with E-state index in [2.05, 4.69) is 26.2 Å². The minimum absolute atomic E-state index is 0.261. The fraction of sp³-hybridized carbons (Fsp3) is 0.200. The van der Waals surface area contributed by atoms with Crippen molar-refractivity contribution in [2.45, 2.75) is 19.6 Å². The van der Waals surface area contributed by atoms with E-state index in [0.717, 1.165) is 25.9 Å². The molecule has 6 nitrogen and oxygen atoms in total. The van der Waals surface area contributed by atoms with Crippen LogP contribution in [0.25, 0.3) is 10.2 Å². The van der Waals surface area contributed by atoms with Crippen molar-refractivity contribution in [2.75, 3.05) is 19.5 Å². The monoisotopic (exact) mass is 526 g/mol. The number of methoxy groups -OCH3 is 2. The zero-order valence-electron chi connectivity index (χ0n) is 18.4. The Labute approximate surface area is 204 Å². The molecular weight excluding hydrogens is 504 g/mol. The van der Waals surface area contributed by atoms with Gasteiger partial charge in [-0.25, -0.2) is 4.98 Å². The van der Waals surface area contributed by atoms with Crippen LogP contribution in [0, 0.1) is 6.92 Å². The second-order valence-electron chi connectivity index (χ2n) is 7.49. The normalized spacial score (nSPS) is 12.0. The number of nitrogens with one attached hydrogen (secondary N) is 1. The molecule has 8 heteroatoms. The van der Waals surface area contributed by atoms with Gasteiger partial charge in [0.1, 0.15) is 16.7 Å². The lowest BCUT2D eigenvalue weighted by molar-refractivity contribution is 0.102. The second-order valence-corrected chi connectivity index (χ2v) is 9.38. The van der Waals surface area contributed by atoms with E-state index in [9.17, 15) is 9.90 Å². The predicted octanol–water partition coefficient (Wildman–Crippen LogP) is 5.86. The number of fused-ring (bicyclic) bond motifs is 1. The van der Waals surface area contributed by atoms with Crippen molar-refractivity contribution < 1.29 is 19.4 Å². The first-order chi connectivity index (χ1) is 15.9. The number of aliphatic hydroxyl groups is 1. The van der Waals surface area contributed by atoms with Crippen LogP contribution in [0.1, 0.15) is 38.2 Å². The van der Waals surface area contributed by atoms with Gasteiger partial charge in [0.15, 0.2) is 0 Å². The van der Waals surface area contributed by atoms with Crippen molar-refractivity contribution in [1.29, 1.82) is 0 Å². The number of halogens is 1. The van der Waals surface area contributed by atoms with E-state index in [-0.39, 0.29) is 5.91 Å². The van der Waals surface area contributed by atoms with E-state index in [4.69, 9.17) is 9.47 Å². The van der Waals surface area contributed by atoms with E-state index in [1.54, 1.807) is 38.5 Å². The maximum absolute atomic E-state index is 13.1. The molecule has 0 aliphatic heterocycles. The first-order valence-corrected chi connectivity index (χ1v) is 11.8. The summed E-state index contributed by atoms with van der Waals surface area (Å²) < 4.78 is 11.4. The summed E-state index contributed by atoms with van der Waals surface area (Å²) in [5.41, 5.74) is 3.47. The van der Waals surface area contributed by atoms with Crippen LogP contribution in [0.4, 0.5) is 5.69 Å². The van der Waals surface area contributed by atoms with Crippen LogP contribution in [-0.2, 0) is 11.3 Å². The van der Waals surface area contributed by atoms with Crippen LogP contribution in [0.15, 0.2) is 59.1 Å². The number of ether oxygens (including phenoxy) is 2. The number of amides is 1. The number of hydrogen-bond donors (Lipinski definition) is 2. The Morgan fingerprint density at radius 3 is 2.61 bits per heavy atom. The van der Waals surface area contributed by atoms with Gasteiger partial charge >= 0.3 is 0 Å². The van der Waals surface area contributed by atoms with Gasteiger partial charge in [-0.15, -0.1) is 11.3 Å². The van der Waals surface area contributed by atoms with Gasteiger partial charge < -0.3 is 19.9 Å². The Morgan fingerprint density at radius 2 is 1.94 bits per heavy atom. The molecule has 0 unspecified atom stereocenters. The lowest BCUT2D eigenvalue weighted by Gasteiger charge is -2.15. The molecule has 0 fully saturated rings. The number of aryl methyl sites for hydroxylation is 1. The van der Waals surface area contributed by atoms with Crippen molar-refractivity contribution >= 4 is 49.1 Å². The molecule has 1 amide bonds. The number of carbonyl (C=O) groups is 1. The maximum atomic E-state index is 13.1. The highest BCUT2D eigenvalue weighted by Crippen LogP contribution is 2.44. The fourth-order valence-electron chi connectivity index (χ4n) is 3.70. The number of nitrogens with zero attached hydrogens (tertiary/aromatic N) is 1. The van der Waals surface area contributed by atoms with Crippen LogP contribution in [0.2, 0.25) is 0 Å². The molecule has 0 saturated carbocycles. The zero-order chi connectivity index (χ0) is 23.5. The molecule has 33 heavy (non-hydrogen) atoms. The molecule has 0 radical (unpaired) electrons. The van der Waals surface area contributed by atoms with Crippen molar-refractivity contribution in [3.05, 3.63) is 86.3 Å². The molecule has 2 N–H and O–H groups in total. The molecule has 2 heterocycles. The van der Waals surface area contributed by atoms with Crippen molar-refractivity contribution in [3.8, 4) is 5.75 Å². The van der Waals surface area contributed by atoms with E-state index >= 15 is 0 Å². The minimum Gasteiger partial charge on any atom is -0.496 e. The molecule has 1 atom stereocenters. The number of aromatic nitrogens is 1. The summed E-state index contributed by atoms with van der Waals surface area (Å²) in [4.78, 5) is 19.1. The first-order valence-electron chi connectivity index (χ1n) is 10.2. The highest BCUT2D eigenvalue weighted by molar-refractivity contribution is 9.10. The van der Waals surface area contributed by atoms with Gasteiger partial charge in [-0.05, 0) is 64.3 Å². The molecule has 0 aliphatic rings. The van der Waals surface area contributed by atoms with Crippen LogP contribution in [0.5, 0.6) is 5.75 Å². The van der Waals surface area contributed by atoms with Gasteiger partial charge in [0, 0.05) is 23.8 Å². The lowest BCUT2D eigenvalue weighted by atomic mass is 10.0. The molecule has 4 rings (SSSR count). The summed E-state index contributed by atoms with van der Waals surface area (Å²) >= 11 is 4.84. The third-order valence-electron chi connectivity index (χ3n) is 5.21. The maximum Gasteiger partial charge on any atom is 0.255 e. The van der Waals surface area contributed by atoms with Gasteiger partial charge in [-0.1, -0.05) is 24.3 Å². The number of pyridine rings is 1. The largest absolute Gasteiger partial charge is 0.496 e. The molecule has 0 spiro atoms. The third kappa shape index (κ3) is 4.79. The van der Waals surface area contributed by atoms with E-state index in [0.29, 0.717) is 34.0 Å². The predicted molar refractivity (Wildman–Crippen MR) is 134 cm³/mol. The summed E-state index contributed by atoms with van der Waals surface area (Å²) in [5, 5.41) is 15.2. The zero-order valence-corrected chi connectivity index (χ0v) is 20.8. The summed E-state index contributed by atoms with van der Waals surface area (Å²) in [7, 11) is 3.21. The molecule has 2 aromatic carbocycles. The molecule has 170 valence electrons. The Balaban J connectivity index is 1.87. The van der Waals surface area contributed by atoms with Gasteiger partial charge in [0.05, 0.1) is 28.8 Å². The summed E-state index contributed by atoms with van der Waals surface area (Å²) in [6.45, 7) is 2.27. The Kier molecular flexibility index (Phi) is 7.09. The summed E-state index contributed by atoms with van der Waals surface area (Å²) in [6, 6.07) is 16.3. The van der Waals surface area contributed by atoms with Crippen molar-refractivity contribution in [3.63, 3.8) is 0 Å². The summed E-state index contributed by atoms with van der Waals surface area (Å²) in [6.07, 6.45) is -0.979. The number of thiophene rings is 1. The summed E-state index contributed by atoms with van der Waals surface area (Å²) in [5.74, 6) is 0.406. The van der Waals surface area contributed by atoms with E-state index < -0.39 is 6.10 Å². The number of carbonyl (C=O) groups excluding carboxylic acids is 1. The minimum atomic E-state index is -0.979. The number of hydrogen-bond acceptors (Lipinski definition) is 6. The van der Waals surface area contributed by atoms with Gasteiger partial charge in [-0.2, -0.15) is 0 Å². The van der Waals surface area contributed by atoms with E-state index in [1.807, 2.05) is 37.3 Å². The fourth-order valence-corrected chi connectivity index (χ4v) is 5.49. The number of rotatable bonds is 7. The highest BCUT2D eigenvalue weighted by atomic mass is 79.9. The molecule has 0 saturated heterocycles. The average Bonchev–Trinajstić information content (AvgIpc) is 3.17. The van der Waals surface area contributed by atoms with Crippen molar-refractivity contribution in [2.24, 2.45) is 0 Å². The Hall–Kier alpha value is -2.78. The van der Waals surface area contributed by atoms with E-state index in [1.165, 1.54) is 11.3 Å². The Bertz CT molecular complexity index is 1310. The first kappa shape index (κ1) is 23.4. The number of aliphatic hydroxyl groups excluding tert-OH is 1. The second kappa shape index (κ2) is 10.0. The van der Waals surface area contributed by atoms with Gasteiger partial charge in [0.2, 0.25) is 0 Å². The van der Waals surface area contributed by atoms with Crippen molar-refractivity contribution in [1.82, 2.24) is 4.98 Å². The number of anilines is 1. The highest BCUT2D eigenvalue weighted by Gasteiger charge is 2.25. The van der Waals surface area contributed by atoms with Crippen LogP contribution in [0.3, 0.4) is 0 Å². The standard InChI is InChI=1S/C25H23BrN2O4S/c1-14-11-17(13-31-2)20-21(28-24(30)15-7-5-4-6-8-15)23(33-25(20)27-14)22(29)16-9-10-19(32-3)18(26)12-16/h4-12,22,29H,13H2,1-3H3,(H,28,30)/t22-/m0/s1. The molecule has 0 aliphatic carbocycles. The SMILES string of the molecule is COCc1cc(C)nc2sc([C@@H](O)c3ccc(OC)c(Br)c3)c(NC(=O)c3ccccc3)c12. The average molecular weight is 527 g/mol. The van der Waals surface area contributed by atoms with Crippen LogP contribution in [-0.4, -0.2) is 30.2 Å². The Morgan fingerprint density at radius 1 is 1.18 bits per heavy atom. The number of benzene rings is 2.